The van der Waals surface area contributed by atoms with Gasteiger partial charge in [-0.3, -0.25) is 19.2 Å². The summed E-state index contributed by atoms with van der Waals surface area (Å²) in [4.78, 5) is 40.5. The summed E-state index contributed by atoms with van der Waals surface area (Å²) in [7, 11) is 2.66. The average molecular weight is 539 g/mol. The van der Waals surface area contributed by atoms with Gasteiger partial charge in [0.1, 0.15) is 6.61 Å². The Morgan fingerprint density at radius 3 is 1.57 bits per heavy atom. The molecule has 0 radical (unpaired) electrons. The quantitative estimate of drug-likeness (QED) is 0.303. The molecule has 3 rings (SSSR count). The molecule has 0 aromatic rings. The Kier molecular flexibility index (Phi) is 22.5. The van der Waals surface area contributed by atoms with E-state index in [1.54, 1.807) is 0 Å². The number of aliphatic hydroxyl groups excluding tert-OH is 1. The number of carbonyl (C=O) groups excluding carboxylic acids is 3. The van der Waals surface area contributed by atoms with Gasteiger partial charge in [-0.2, -0.15) is 0 Å². The number of hydrogen-bond acceptors (Lipinski definition) is 12. The highest BCUT2D eigenvalue weighted by molar-refractivity contribution is 5.73. The number of aliphatic hydroxyl groups is 1. The van der Waals surface area contributed by atoms with Gasteiger partial charge < -0.3 is 43.4 Å². The lowest BCUT2D eigenvalue weighted by molar-refractivity contribution is -0.168. The predicted molar refractivity (Wildman–Crippen MR) is 127 cm³/mol. The molecule has 3 fully saturated rings. The summed E-state index contributed by atoms with van der Waals surface area (Å²) < 4.78 is 34.0. The number of cyclic esters (lactones) is 1. The van der Waals surface area contributed by atoms with Crippen LogP contribution in [-0.2, 0) is 52.3 Å². The maximum atomic E-state index is 10.7. The summed E-state index contributed by atoms with van der Waals surface area (Å²) in [6, 6.07) is 0. The smallest absolute Gasteiger partial charge is 0.309 e. The molecule has 3 aliphatic heterocycles. The van der Waals surface area contributed by atoms with Gasteiger partial charge in [0.25, 0.3) is 0 Å². The van der Waals surface area contributed by atoms with Crippen LogP contribution in [-0.4, -0.2) is 101 Å². The number of aliphatic carboxylic acids is 1. The second kappa shape index (κ2) is 24.0. The largest absolute Gasteiger partial charge is 0.481 e. The highest BCUT2D eigenvalue weighted by atomic mass is 16.7. The van der Waals surface area contributed by atoms with Crippen molar-refractivity contribution >= 4 is 23.9 Å². The first-order valence-electron chi connectivity index (χ1n) is 12.4. The fourth-order valence-corrected chi connectivity index (χ4v) is 2.72. The summed E-state index contributed by atoms with van der Waals surface area (Å²) >= 11 is 0. The molecule has 13 nitrogen and oxygen atoms in total. The number of ether oxygens (including phenoxy) is 7. The fourth-order valence-electron chi connectivity index (χ4n) is 2.72. The number of hydrogen-bond donors (Lipinski definition) is 2. The lowest BCUT2D eigenvalue weighted by atomic mass is 10.2. The van der Waals surface area contributed by atoms with E-state index in [1.807, 2.05) is 0 Å². The topological polar surface area (TPSA) is 173 Å². The number of methoxy groups -OCH3 is 2. The monoisotopic (exact) mass is 538 g/mol. The van der Waals surface area contributed by atoms with E-state index in [-0.39, 0.29) is 56.5 Å². The van der Waals surface area contributed by atoms with Crippen LogP contribution in [0.4, 0.5) is 0 Å². The van der Waals surface area contributed by atoms with Crippen LogP contribution in [0.2, 0.25) is 0 Å². The van der Waals surface area contributed by atoms with Crippen molar-refractivity contribution < 1.29 is 62.5 Å². The van der Waals surface area contributed by atoms with E-state index in [1.165, 1.54) is 14.2 Å². The van der Waals surface area contributed by atoms with Crippen molar-refractivity contribution in [1.82, 2.24) is 0 Å². The lowest BCUT2D eigenvalue weighted by Crippen LogP contribution is -2.23. The molecular weight excluding hydrogens is 496 g/mol. The van der Waals surface area contributed by atoms with Crippen molar-refractivity contribution in [2.75, 3.05) is 53.9 Å². The van der Waals surface area contributed by atoms with E-state index in [0.29, 0.717) is 26.1 Å². The van der Waals surface area contributed by atoms with Crippen LogP contribution in [0.3, 0.4) is 0 Å². The highest BCUT2D eigenvalue weighted by Crippen LogP contribution is 2.14. The molecule has 13 heteroatoms. The minimum absolute atomic E-state index is 0.0554. The van der Waals surface area contributed by atoms with Gasteiger partial charge in [0.05, 0.1) is 59.7 Å². The number of carboxylic acids is 1. The molecule has 2 N–H and O–H groups in total. The van der Waals surface area contributed by atoms with Gasteiger partial charge in [-0.15, -0.1) is 0 Å². The van der Waals surface area contributed by atoms with Crippen molar-refractivity contribution in [3.63, 3.8) is 0 Å². The second-order valence-corrected chi connectivity index (χ2v) is 7.82. The maximum Gasteiger partial charge on any atom is 0.309 e. The van der Waals surface area contributed by atoms with Crippen LogP contribution in [0.5, 0.6) is 0 Å². The molecule has 216 valence electrons. The van der Waals surface area contributed by atoms with Crippen molar-refractivity contribution in [3.8, 4) is 0 Å². The molecule has 0 aromatic carbocycles. The van der Waals surface area contributed by atoms with Gasteiger partial charge in [0, 0.05) is 13.2 Å². The van der Waals surface area contributed by atoms with Gasteiger partial charge in [0.2, 0.25) is 0 Å². The third-order valence-electron chi connectivity index (χ3n) is 4.85. The predicted octanol–water partition coefficient (Wildman–Crippen LogP) is 1.57. The molecule has 3 saturated heterocycles. The van der Waals surface area contributed by atoms with Gasteiger partial charge in [0.15, 0.2) is 12.6 Å². The van der Waals surface area contributed by atoms with Gasteiger partial charge in [-0.25, -0.2) is 0 Å². The lowest BCUT2D eigenvalue weighted by Gasteiger charge is -2.22. The van der Waals surface area contributed by atoms with Crippen LogP contribution >= 0.6 is 0 Å². The Balaban J connectivity index is 0.000000496. The Hall–Kier alpha value is -2.32. The van der Waals surface area contributed by atoms with Gasteiger partial charge in [-0.05, 0) is 38.5 Å². The van der Waals surface area contributed by atoms with Crippen LogP contribution in [0.25, 0.3) is 0 Å². The zero-order chi connectivity index (χ0) is 27.7. The molecular formula is C24H42O13. The van der Waals surface area contributed by atoms with Gasteiger partial charge >= 0.3 is 23.9 Å². The number of rotatable bonds is 10. The maximum absolute atomic E-state index is 10.7. The van der Waals surface area contributed by atoms with E-state index in [0.717, 1.165) is 51.7 Å². The van der Waals surface area contributed by atoms with Crippen LogP contribution in [0.15, 0.2) is 0 Å². The Labute approximate surface area is 217 Å². The molecule has 0 bridgehead atoms. The molecule has 0 spiro atoms. The number of carboxylic acid groups (broad SMARTS) is 1. The Morgan fingerprint density at radius 1 is 0.811 bits per heavy atom. The molecule has 0 aromatic heterocycles. The minimum Gasteiger partial charge on any atom is -0.481 e. The summed E-state index contributed by atoms with van der Waals surface area (Å²) in [5.41, 5.74) is 0. The fraction of sp³-hybridized carbons (Fsp3) is 0.833. The first-order chi connectivity index (χ1) is 17.8. The standard InChI is InChI=1S/C9H16O4.C8H14O4.C4H8O3.C3H4O2/c1-11-8(10)5-7-13-9-4-2-3-6-12-9;9-7(10)4-6-12-8-3-1-2-5-11-8;1-7-4(6)2-3-5;4-3-1-2-5-3/h9H,2-7H2,1H3;8H,1-6H2,(H,9,10);5H,2-3H2,1H3;1-2H2. The number of carbonyl (C=O) groups is 4. The zero-order valence-electron chi connectivity index (χ0n) is 21.9. The number of esters is 3. The summed E-state index contributed by atoms with van der Waals surface area (Å²) in [5, 5.41) is 16.4. The summed E-state index contributed by atoms with van der Waals surface area (Å²) in [6.45, 7) is 2.64. The normalized spacial score (nSPS) is 20.0. The molecule has 0 aliphatic carbocycles. The summed E-state index contributed by atoms with van der Waals surface area (Å²) in [5.74, 6) is -1.51. The van der Waals surface area contributed by atoms with Crippen LogP contribution in [0, 0.1) is 0 Å². The van der Waals surface area contributed by atoms with Gasteiger partial charge in [-0.1, -0.05) is 0 Å². The third kappa shape index (κ3) is 22.6. The molecule has 3 heterocycles. The first-order valence-corrected chi connectivity index (χ1v) is 12.4. The minimum atomic E-state index is -0.828. The first kappa shape index (κ1) is 34.7. The van der Waals surface area contributed by atoms with E-state index < -0.39 is 5.97 Å². The molecule has 0 amide bonds. The highest BCUT2D eigenvalue weighted by Gasteiger charge is 2.15. The van der Waals surface area contributed by atoms with E-state index in [4.69, 9.17) is 29.2 Å². The van der Waals surface area contributed by atoms with E-state index in [9.17, 15) is 19.2 Å². The van der Waals surface area contributed by atoms with Crippen molar-refractivity contribution in [1.29, 1.82) is 0 Å². The van der Waals surface area contributed by atoms with Crippen LogP contribution in [0.1, 0.15) is 64.2 Å². The Bertz CT molecular complexity index is 608. The molecule has 0 saturated carbocycles. The van der Waals surface area contributed by atoms with Crippen molar-refractivity contribution in [3.05, 3.63) is 0 Å². The molecule has 2 unspecified atom stereocenters. The van der Waals surface area contributed by atoms with E-state index >= 15 is 0 Å². The molecule has 2 atom stereocenters. The molecule has 3 aliphatic rings. The van der Waals surface area contributed by atoms with Crippen molar-refractivity contribution in [2.45, 2.75) is 76.8 Å². The van der Waals surface area contributed by atoms with E-state index in [2.05, 4.69) is 14.2 Å². The summed E-state index contributed by atoms with van der Waals surface area (Å²) in [6.07, 6.45) is 7.06. The second-order valence-electron chi connectivity index (χ2n) is 7.82. The van der Waals surface area contributed by atoms with Crippen LogP contribution < -0.4 is 0 Å². The third-order valence-corrected chi connectivity index (χ3v) is 4.85. The molecule has 37 heavy (non-hydrogen) atoms. The Morgan fingerprint density at radius 2 is 1.27 bits per heavy atom. The van der Waals surface area contributed by atoms with Crippen molar-refractivity contribution in [2.24, 2.45) is 0 Å². The average Bonchev–Trinajstić information content (AvgIpc) is 2.89. The SMILES string of the molecule is COC(=O)CCO.COC(=O)CCOC1CCCCO1.O=C(O)CCOC1CCCCO1.O=C1CCO1. The zero-order valence-corrected chi connectivity index (χ0v) is 21.9.